The summed E-state index contributed by atoms with van der Waals surface area (Å²) in [5.74, 6) is -1.64. The standard InChI is InChI=1S/C20H19N3O5S/c24-19(22-13-15-6-4-10-21-12-15)20(25)23-14-18(17-9-5-11-28-17)29(26,27)16-7-2-1-3-8-16/h1-12,18H,13-14H2,(H,22,24)(H,23,25)/t18-/m0/s1. The van der Waals surface area contributed by atoms with Crippen LogP contribution in [-0.2, 0) is 26.0 Å². The van der Waals surface area contributed by atoms with E-state index < -0.39 is 26.9 Å². The Balaban J connectivity index is 1.67. The van der Waals surface area contributed by atoms with Gasteiger partial charge in [0.05, 0.1) is 11.2 Å². The minimum absolute atomic E-state index is 0.0941. The summed E-state index contributed by atoms with van der Waals surface area (Å²) in [7, 11) is -3.85. The molecular formula is C20H19N3O5S. The number of nitrogens with one attached hydrogen (secondary N) is 2. The highest BCUT2D eigenvalue weighted by Gasteiger charge is 2.32. The van der Waals surface area contributed by atoms with Gasteiger partial charge in [0.1, 0.15) is 11.0 Å². The van der Waals surface area contributed by atoms with Crippen LogP contribution in [0.2, 0.25) is 0 Å². The molecule has 2 heterocycles. The molecule has 2 aromatic heterocycles. The van der Waals surface area contributed by atoms with Crippen molar-refractivity contribution in [2.75, 3.05) is 6.54 Å². The van der Waals surface area contributed by atoms with Crippen molar-refractivity contribution in [3.8, 4) is 0 Å². The van der Waals surface area contributed by atoms with E-state index >= 15 is 0 Å². The van der Waals surface area contributed by atoms with Gasteiger partial charge in [-0.2, -0.15) is 0 Å². The predicted octanol–water partition coefficient (Wildman–Crippen LogP) is 1.62. The van der Waals surface area contributed by atoms with Crippen molar-refractivity contribution in [3.63, 3.8) is 0 Å². The highest BCUT2D eigenvalue weighted by atomic mass is 32.2. The lowest BCUT2D eigenvalue weighted by Gasteiger charge is -2.16. The molecule has 0 bridgehead atoms. The van der Waals surface area contributed by atoms with Gasteiger partial charge in [0.25, 0.3) is 0 Å². The number of aromatic nitrogens is 1. The predicted molar refractivity (Wildman–Crippen MR) is 104 cm³/mol. The fraction of sp³-hybridized carbons (Fsp3) is 0.150. The van der Waals surface area contributed by atoms with Crippen LogP contribution in [0.3, 0.4) is 0 Å². The lowest BCUT2D eigenvalue weighted by molar-refractivity contribution is -0.139. The van der Waals surface area contributed by atoms with Crippen LogP contribution < -0.4 is 10.6 Å². The van der Waals surface area contributed by atoms with E-state index in [0.717, 1.165) is 5.56 Å². The molecule has 0 aliphatic heterocycles. The van der Waals surface area contributed by atoms with Gasteiger partial charge in [-0.15, -0.1) is 0 Å². The molecule has 0 spiro atoms. The quantitative estimate of drug-likeness (QED) is 0.568. The normalized spacial score (nSPS) is 12.1. The number of amides is 2. The van der Waals surface area contributed by atoms with E-state index in [4.69, 9.17) is 4.42 Å². The molecule has 29 heavy (non-hydrogen) atoms. The minimum atomic E-state index is -3.85. The zero-order valence-corrected chi connectivity index (χ0v) is 16.1. The van der Waals surface area contributed by atoms with Gasteiger partial charge in [-0.05, 0) is 35.9 Å². The number of furan rings is 1. The molecule has 0 saturated carbocycles. The summed E-state index contributed by atoms with van der Waals surface area (Å²) in [6, 6.07) is 14.4. The van der Waals surface area contributed by atoms with Crippen LogP contribution in [0.25, 0.3) is 0 Å². The molecule has 2 N–H and O–H groups in total. The SMILES string of the molecule is O=C(NCc1cccnc1)C(=O)NC[C@@H](c1ccco1)S(=O)(=O)c1ccccc1. The average molecular weight is 413 g/mol. The molecule has 150 valence electrons. The Kier molecular flexibility index (Phi) is 6.40. The summed E-state index contributed by atoms with van der Waals surface area (Å²) < 4.78 is 31.3. The second-order valence-electron chi connectivity index (χ2n) is 6.12. The fourth-order valence-electron chi connectivity index (χ4n) is 2.64. The third kappa shape index (κ3) is 5.08. The average Bonchev–Trinajstić information content (AvgIpc) is 3.27. The molecule has 3 rings (SSSR count). The van der Waals surface area contributed by atoms with Crippen LogP contribution in [0, 0.1) is 0 Å². The second-order valence-corrected chi connectivity index (χ2v) is 8.25. The molecule has 3 aromatic rings. The highest BCUT2D eigenvalue weighted by molar-refractivity contribution is 7.91. The van der Waals surface area contributed by atoms with Crippen LogP contribution >= 0.6 is 0 Å². The van der Waals surface area contributed by atoms with Crippen molar-refractivity contribution < 1.29 is 22.4 Å². The molecule has 0 aliphatic rings. The molecule has 0 saturated heterocycles. The molecule has 1 aromatic carbocycles. The van der Waals surface area contributed by atoms with E-state index in [9.17, 15) is 18.0 Å². The number of pyridine rings is 1. The number of carbonyl (C=O) groups is 2. The molecule has 2 amide bonds. The smallest absolute Gasteiger partial charge is 0.309 e. The van der Waals surface area contributed by atoms with Gasteiger partial charge < -0.3 is 15.1 Å². The third-order valence-corrected chi connectivity index (χ3v) is 6.21. The molecular weight excluding hydrogens is 394 g/mol. The van der Waals surface area contributed by atoms with Crippen LogP contribution in [0.1, 0.15) is 16.6 Å². The van der Waals surface area contributed by atoms with Crippen LogP contribution in [0.5, 0.6) is 0 Å². The first-order valence-electron chi connectivity index (χ1n) is 8.76. The Morgan fingerprint density at radius 3 is 2.38 bits per heavy atom. The summed E-state index contributed by atoms with van der Waals surface area (Å²) in [4.78, 5) is 28.2. The maximum absolute atomic E-state index is 13.0. The lowest BCUT2D eigenvalue weighted by Crippen LogP contribution is -2.42. The van der Waals surface area contributed by atoms with Crippen molar-refractivity contribution in [2.24, 2.45) is 0 Å². The van der Waals surface area contributed by atoms with Gasteiger partial charge in [0.2, 0.25) is 0 Å². The number of sulfone groups is 1. The van der Waals surface area contributed by atoms with Gasteiger partial charge in [-0.3, -0.25) is 14.6 Å². The van der Waals surface area contributed by atoms with E-state index in [2.05, 4.69) is 15.6 Å². The summed E-state index contributed by atoms with van der Waals surface area (Å²) in [5.41, 5.74) is 0.730. The van der Waals surface area contributed by atoms with Gasteiger partial charge in [-0.1, -0.05) is 24.3 Å². The summed E-state index contributed by atoms with van der Waals surface area (Å²) in [5, 5.41) is 3.67. The van der Waals surface area contributed by atoms with E-state index in [1.54, 1.807) is 48.8 Å². The topological polar surface area (TPSA) is 118 Å². The number of benzene rings is 1. The highest BCUT2D eigenvalue weighted by Crippen LogP contribution is 2.28. The van der Waals surface area contributed by atoms with E-state index in [1.807, 2.05) is 0 Å². The summed E-state index contributed by atoms with van der Waals surface area (Å²) in [6.45, 7) is -0.187. The van der Waals surface area contributed by atoms with Crippen molar-refractivity contribution in [1.29, 1.82) is 0 Å². The number of hydrogen-bond acceptors (Lipinski definition) is 6. The third-order valence-electron chi connectivity index (χ3n) is 4.14. The van der Waals surface area contributed by atoms with Gasteiger partial charge in [0, 0.05) is 25.5 Å². The zero-order valence-electron chi connectivity index (χ0n) is 15.3. The fourth-order valence-corrected chi connectivity index (χ4v) is 4.25. The molecule has 0 unspecified atom stereocenters. The van der Waals surface area contributed by atoms with Crippen LogP contribution in [0.15, 0.2) is 82.6 Å². The largest absolute Gasteiger partial charge is 0.468 e. The Morgan fingerprint density at radius 1 is 0.966 bits per heavy atom. The first-order valence-corrected chi connectivity index (χ1v) is 10.3. The Labute approximate surface area is 167 Å². The maximum Gasteiger partial charge on any atom is 0.309 e. The molecule has 9 heteroatoms. The van der Waals surface area contributed by atoms with Crippen LogP contribution in [-0.4, -0.2) is 31.8 Å². The lowest BCUT2D eigenvalue weighted by atomic mass is 10.3. The van der Waals surface area contributed by atoms with Crippen molar-refractivity contribution >= 4 is 21.7 Å². The van der Waals surface area contributed by atoms with Gasteiger partial charge in [-0.25, -0.2) is 8.42 Å². The second kappa shape index (κ2) is 9.16. The van der Waals surface area contributed by atoms with Gasteiger partial charge in [0.15, 0.2) is 9.84 Å². The summed E-state index contributed by atoms with van der Waals surface area (Å²) >= 11 is 0. The van der Waals surface area contributed by atoms with Crippen molar-refractivity contribution in [2.45, 2.75) is 16.7 Å². The van der Waals surface area contributed by atoms with Crippen molar-refractivity contribution in [1.82, 2.24) is 15.6 Å². The Morgan fingerprint density at radius 2 is 1.72 bits per heavy atom. The van der Waals surface area contributed by atoms with E-state index in [-0.39, 0.29) is 23.7 Å². The zero-order chi connectivity index (χ0) is 20.7. The van der Waals surface area contributed by atoms with Gasteiger partial charge >= 0.3 is 11.8 Å². The Bertz CT molecular complexity index is 1050. The van der Waals surface area contributed by atoms with E-state index in [0.29, 0.717) is 0 Å². The maximum atomic E-state index is 13.0. The van der Waals surface area contributed by atoms with E-state index in [1.165, 1.54) is 24.5 Å². The first kappa shape index (κ1) is 20.3. The Hall–Kier alpha value is -3.46. The number of hydrogen-bond donors (Lipinski definition) is 2. The first-order chi connectivity index (χ1) is 14.0. The molecule has 1 atom stereocenters. The molecule has 0 radical (unpaired) electrons. The number of rotatable bonds is 7. The molecule has 0 aliphatic carbocycles. The molecule has 0 fully saturated rings. The van der Waals surface area contributed by atoms with Crippen molar-refractivity contribution in [3.05, 3.63) is 84.6 Å². The summed E-state index contributed by atoms with van der Waals surface area (Å²) in [6.07, 6.45) is 4.52. The number of nitrogens with zero attached hydrogens (tertiary/aromatic N) is 1. The molecule has 8 nitrogen and oxygen atoms in total. The van der Waals surface area contributed by atoms with Crippen LogP contribution in [0.4, 0.5) is 0 Å². The monoisotopic (exact) mass is 413 g/mol. The minimum Gasteiger partial charge on any atom is -0.468 e. The number of carbonyl (C=O) groups excluding carboxylic acids is 2.